The van der Waals surface area contributed by atoms with Gasteiger partial charge in [-0.05, 0) is 13.0 Å². The predicted octanol–water partition coefficient (Wildman–Crippen LogP) is 1.83. The van der Waals surface area contributed by atoms with Crippen LogP contribution in [0.2, 0.25) is 0 Å². The zero-order valence-electron chi connectivity index (χ0n) is 16.7. The molecule has 0 amide bonds. The van der Waals surface area contributed by atoms with E-state index in [4.69, 9.17) is 19.0 Å². The van der Waals surface area contributed by atoms with E-state index in [1.165, 1.54) is 26.0 Å². The second kappa shape index (κ2) is 10.6. The molecule has 0 saturated carbocycles. The van der Waals surface area contributed by atoms with Crippen LogP contribution in [0.25, 0.3) is 0 Å². The second-order valence-electron chi connectivity index (χ2n) is 6.65. The van der Waals surface area contributed by atoms with E-state index in [2.05, 4.69) is 18.8 Å². The van der Waals surface area contributed by atoms with Crippen molar-refractivity contribution in [3.8, 4) is 0 Å². The third kappa shape index (κ3) is 8.92. The third-order valence-electron chi connectivity index (χ3n) is 3.87. The van der Waals surface area contributed by atoms with Gasteiger partial charge in [-0.3, -0.25) is 23.5 Å². The van der Waals surface area contributed by atoms with Gasteiger partial charge >= 0.3 is 20.9 Å². The number of aromatic nitrogens is 2. The summed E-state index contributed by atoms with van der Waals surface area (Å²) in [4.78, 5) is 52.7. The van der Waals surface area contributed by atoms with Crippen molar-refractivity contribution in [1.82, 2.24) is 9.55 Å². The Kier molecular flexibility index (Phi) is 9.43. The molecule has 0 spiro atoms. The largest absolute Gasteiger partial charge is 0.348 e. The summed E-state index contributed by atoms with van der Waals surface area (Å²) in [5.74, 6) is 0.593. The highest BCUT2D eigenvalue weighted by Crippen LogP contribution is 2.45. The molecule has 2 rings (SSSR count). The van der Waals surface area contributed by atoms with Gasteiger partial charge in [0.05, 0.1) is 0 Å². The molecule has 13 heteroatoms. The molecule has 11 nitrogen and oxygen atoms in total. The molecular weight excluding hydrogens is 426 g/mol. The Morgan fingerprint density at radius 1 is 1.28 bits per heavy atom. The number of aryl methyl sites for hydroxylation is 1. The number of aromatic amines is 1. The molecule has 4 unspecified atom stereocenters. The molecule has 1 aliphatic rings. The Hall–Kier alpha value is -1.32. The van der Waals surface area contributed by atoms with Crippen LogP contribution in [0, 0.1) is 6.92 Å². The van der Waals surface area contributed by atoms with Gasteiger partial charge in [-0.15, -0.1) is 0 Å². The smallest absolute Gasteiger partial charge is 0.348 e. The first kappa shape index (κ1) is 25.7. The number of hydrogen-bond acceptors (Lipinski definition) is 6. The molecule has 29 heavy (non-hydrogen) atoms. The molecule has 4 atom stereocenters. The monoisotopic (exact) mass is 454 g/mol. The summed E-state index contributed by atoms with van der Waals surface area (Å²) in [6.45, 7) is 6.80. The molecule has 2 heterocycles. The van der Waals surface area contributed by atoms with Crippen LogP contribution in [0.3, 0.4) is 0 Å². The third-order valence-corrected chi connectivity index (χ3v) is 5.09. The maximum Gasteiger partial charge on any atom is 0.348 e. The van der Waals surface area contributed by atoms with Crippen LogP contribution in [0.5, 0.6) is 0 Å². The highest BCUT2D eigenvalue weighted by Gasteiger charge is 2.39. The van der Waals surface area contributed by atoms with Crippen molar-refractivity contribution in [3.05, 3.63) is 44.5 Å². The van der Waals surface area contributed by atoms with Crippen LogP contribution in [-0.4, -0.2) is 43.1 Å². The number of nitrogens with zero attached hydrogens (tertiary/aromatic N) is 1. The summed E-state index contributed by atoms with van der Waals surface area (Å²) in [6.07, 6.45) is 1.84. The topological polar surface area (TPSA) is 168 Å². The van der Waals surface area contributed by atoms with Crippen molar-refractivity contribution in [2.24, 2.45) is 0 Å². The standard InChI is InChI=1S/C12H18N2O9P2.C4H10/c1-7-6-14(12(16)13-11(7)15)10-5-9(23-24(2,17)18)8(22-10)3-4-25(19,20)21;1-3-4-2/h3-4,6,8-10H,5H2,1-2H3,(H,17,18)(H,13,15,16)(H2,19,20,21);3-4H2,1-2H3/b4-3+;. The molecule has 166 valence electrons. The Balaban J connectivity index is 0.000000960. The number of unbranched alkanes of at least 4 members (excludes halogenated alkanes) is 1. The van der Waals surface area contributed by atoms with Gasteiger partial charge in [-0.25, -0.2) is 4.79 Å². The molecule has 0 aliphatic carbocycles. The molecule has 1 aromatic rings. The lowest BCUT2D eigenvalue weighted by atomic mass is 10.2. The van der Waals surface area contributed by atoms with Crippen molar-refractivity contribution in [2.75, 3.05) is 6.66 Å². The Labute approximate surface area is 168 Å². The van der Waals surface area contributed by atoms with Gasteiger partial charge in [0.2, 0.25) is 0 Å². The number of rotatable bonds is 6. The molecule has 1 saturated heterocycles. The number of nitrogens with one attached hydrogen (secondary N) is 1. The van der Waals surface area contributed by atoms with Crippen LogP contribution in [0.15, 0.2) is 27.7 Å². The molecule has 1 fully saturated rings. The summed E-state index contributed by atoms with van der Waals surface area (Å²) in [6, 6.07) is 0. The minimum absolute atomic E-state index is 0.0417. The van der Waals surface area contributed by atoms with E-state index < -0.39 is 44.9 Å². The van der Waals surface area contributed by atoms with Crippen LogP contribution < -0.4 is 11.2 Å². The summed E-state index contributed by atoms with van der Waals surface area (Å²) in [7, 11) is -8.39. The lowest BCUT2D eigenvalue weighted by Gasteiger charge is -2.17. The first-order valence-electron chi connectivity index (χ1n) is 8.98. The number of ether oxygens (including phenoxy) is 1. The van der Waals surface area contributed by atoms with E-state index in [0.29, 0.717) is 5.82 Å². The van der Waals surface area contributed by atoms with Gasteiger partial charge in [0.25, 0.3) is 5.56 Å². The van der Waals surface area contributed by atoms with E-state index in [1.54, 1.807) is 0 Å². The van der Waals surface area contributed by atoms with Crippen LogP contribution in [0.1, 0.15) is 44.9 Å². The first-order chi connectivity index (χ1) is 13.3. The average molecular weight is 454 g/mol. The molecule has 1 aliphatic heterocycles. The maximum atomic E-state index is 11.9. The normalized spacial score (nSPS) is 24.2. The molecule has 0 aromatic carbocycles. The SMILES string of the molecule is CCCC.Cc1cn(C2CC(OP(C)(=O)O)C(/C=C/P(=O)(O)O)O2)c(=O)[nH]c1=O. The minimum Gasteiger partial charge on any atom is -0.348 e. The van der Waals surface area contributed by atoms with Crippen molar-refractivity contribution >= 4 is 15.2 Å². The van der Waals surface area contributed by atoms with Gasteiger partial charge in [-0.2, -0.15) is 0 Å². The minimum atomic E-state index is -4.48. The van der Waals surface area contributed by atoms with E-state index in [-0.39, 0.29) is 12.0 Å². The van der Waals surface area contributed by atoms with Crippen LogP contribution in [-0.2, 0) is 18.4 Å². The average Bonchev–Trinajstić information content (AvgIpc) is 2.96. The highest BCUT2D eigenvalue weighted by atomic mass is 31.2. The van der Waals surface area contributed by atoms with Crippen LogP contribution in [0.4, 0.5) is 0 Å². The fourth-order valence-electron chi connectivity index (χ4n) is 2.36. The number of hydrogen-bond donors (Lipinski definition) is 4. The van der Waals surface area contributed by atoms with E-state index in [1.807, 2.05) is 0 Å². The fourth-order valence-corrected chi connectivity index (χ4v) is 3.46. The van der Waals surface area contributed by atoms with Gasteiger partial charge in [-0.1, -0.05) is 26.7 Å². The molecule has 1 aromatic heterocycles. The van der Waals surface area contributed by atoms with Crippen molar-refractivity contribution in [2.45, 2.75) is 58.5 Å². The Bertz CT molecular complexity index is 910. The Morgan fingerprint density at radius 2 is 1.86 bits per heavy atom. The zero-order chi connectivity index (χ0) is 22.4. The van der Waals surface area contributed by atoms with Crippen LogP contribution >= 0.6 is 15.2 Å². The second-order valence-corrected chi connectivity index (χ2v) is 9.94. The summed E-state index contributed by atoms with van der Waals surface area (Å²) in [5.41, 5.74) is -1.06. The van der Waals surface area contributed by atoms with Gasteiger partial charge in [0.1, 0.15) is 18.4 Å². The lowest BCUT2D eigenvalue weighted by molar-refractivity contribution is 0.00691. The summed E-state index contributed by atoms with van der Waals surface area (Å²) >= 11 is 0. The molecule has 4 N–H and O–H groups in total. The molecule has 0 bridgehead atoms. The van der Waals surface area contributed by atoms with Gasteiger partial charge < -0.3 is 23.9 Å². The van der Waals surface area contributed by atoms with Crippen molar-refractivity contribution in [3.63, 3.8) is 0 Å². The first-order valence-corrected chi connectivity index (χ1v) is 12.7. The van der Waals surface area contributed by atoms with E-state index >= 15 is 0 Å². The highest BCUT2D eigenvalue weighted by molar-refractivity contribution is 7.55. The van der Waals surface area contributed by atoms with Gasteiger partial charge in [0.15, 0.2) is 0 Å². The summed E-state index contributed by atoms with van der Waals surface area (Å²) in [5, 5.41) is 0. The van der Waals surface area contributed by atoms with Crippen molar-refractivity contribution < 1.29 is 33.1 Å². The van der Waals surface area contributed by atoms with Gasteiger partial charge in [0, 0.05) is 30.7 Å². The molecular formula is C16H28N2O9P2. The zero-order valence-corrected chi connectivity index (χ0v) is 18.5. The fraction of sp³-hybridized carbons (Fsp3) is 0.625. The quantitative estimate of drug-likeness (QED) is 0.469. The lowest BCUT2D eigenvalue weighted by Crippen LogP contribution is -2.33. The van der Waals surface area contributed by atoms with E-state index in [9.17, 15) is 23.6 Å². The van der Waals surface area contributed by atoms with E-state index in [0.717, 1.165) is 17.3 Å². The Morgan fingerprint density at radius 3 is 2.34 bits per heavy atom. The number of H-pyrrole nitrogens is 1. The summed E-state index contributed by atoms with van der Waals surface area (Å²) < 4.78 is 34.1. The molecule has 0 radical (unpaired) electrons. The maximum absolute atomic E-state index is 11.9. The van der Waals surface area contributed by atoms with Crippen molar-refractivity contribution in [1.29, 1.82) is 0 Å². The predicted molar refractivity (Wildman–Crippen MR) is 107 cm³/mol.